The lowest BCUT2D eigenvalue weighted by Gasteiger charge is -2.43. The van der Waals surface area contributed by atoms with E-state index in [0.29, 0.717) is 24.7 Å². The zero-order valence-electron chi connectivity index (χ0n) is 16.6. The van der Waals surface area contributed by atoms with Gasteiger partial charge in [0.25, 0.3) is 5.91 Å². The highest BCUT2D eigenvalue weighted by Gasteiger charge is 2.52. The summed E-state index contributed by atoms with van der Waals surface area (Å²) >= 11 is 0. The fourth-order valence-corrected chi connectivity index (χ4v) is 5.74. The molecule has 1 aromatic rings. The number of fused-ring (bicyclic) bond motifs is 1. The number of likely N-dealkylation sites (tertiary alicyclic amines) is 1. The van der Waals surface area contributed by atoms with Crippen LogP contribution >= 0.6 is 0 Å². The largest absolute Gasteiger partial charge is 0.380 e. The molecule has 1 heterocycles. The Labute approximate surface area is 170 Å². The SMILES string of the molecule is O=C(C1CCCC2CC21)N1C[C@H](F)[C@H](NC(=O)C2(O)CC(c3ccccc3)C2)C1. The van der Waals surface area contributed by atoms with Crippen LogP contribution in [0.4, 0.5) is 4.39 Å². The van der Waals surface area contributed by atoms with E-state index < -0.39 is 23.7 Å². The highest BCUT2D eigenvalue weighted by atomic mass is 19.1. The summed E-state index contributed by atoms with van der Waals surface area (Å²) in [5.41, 5.74) is -0.334. The Morgan fingerprint density at radius 1 is 1.14 bits per heavy atom. The number of nitrogens with zero attached hydrogens (tertiary/aromatic N) is 1. The van der Waals surface area contributed by atoms with Crippen LogP contribution in [-0.2, 0) is 9.59 Å². The molecule has 4 aliphatic rings. The van der Waals surface area contributed by atoms with Crippen LogP contribution in [0.3, 0.4) is 0 Å². The van der Waals surface area contributed by atoms with Crippen LogP contribution < -0.4 is 5.32 Å². The minimum absolute atomic E-state index is 0.0397. The monoisotopic (exact) mass is 400 g/mol. The normalized spacial score (nSPS) is 40.7. The van der Waals surface area contributed by atoms with Crippen LogP contribution in [0.1, 0.15) is 50.0 Å². The second-order valence-corrected chi connectivity index (χ2v) is 9.58. The van der Waals surface area contributed by atoms with Crippen LogP contribution in [0.2, 0.25) is 0 Å². The molecule has 3 saturated carbocycles. The van der Waals surface area contributed by atoms with Gasteiger partial charge in [-0.2, -0.15) is 0 Å². The Balaban J connectivity index is 1.16. The van der Waals surface area contributed by atoms with Gasteiger partial charge in [0.1, 0.15) is 11.8 Å². The van der Waals surface area contributed by atoms with Gasteiger partial charge >= 0.3 is 0 Å². The van der Waals surface area contributed by atoms with E-state index in [9.17, 15) is 19.1 Å². The van der Waals surface area contributed by atoms with E-state index in [1.54, 1.807) is 4.90 Å². The first-order valence-corrected chi connectivity index (χ1v) is 11.0. The van der Waals surface area contributed by atoms with Crippen molar-refractivity contribution in [1.29, 1.82) is 0 Å². The lowest BCUT2D eigenvalue weighted by atomic mass is 9.67. The molecule has 1 aromatic carbocycles. The number of carbonyl (C=O) groups is 2. The first kappa shape index (κ1) is 19.0. The fraction of sp³-hybridized carbons (Fsp3) is 0.652. The maximum Gasteiger partial charge on any atom is 0.252 e. The van der Waals surface area contributed by atoms with Crippen LogP contribution in [0, 0.1) is 17.8 Å². The molecule has 0 radical (unpaired) electrons. The predicted molar refractivity (Wildman–Crippen MR) is 106 cm³/mol. The number of aliphatic hydroxyl groups is 1. The van der Waals surface area contributed by atoms with E-state index in [-0.39, 0.29) is 30.8 Å². The first-order valence-electron chi connectivity index (χ1n) is 11.0. The average Bonchev–Trinajstić information content (AvgIpc) is 3.42. The Morgan fingerprint density at radius 2 is 1.90 bits per heavy atom. The van der Waals surface area contributed by atoms with Crippen LogP contribution in [0.25, 0.3) is 0 Å². The molecule has 1 saturated heterocycles. The van der Waals surface area contributed by atoms with Crippen LogP contribution in [0.15, 0.2) is 30.3 Å². The fourth-order valence-electron chi connectivity index (χ4n) is 5.74. The Hall–Kier alpha value is -1.95. The predicted octanol–water partition coefficient (Wildman–Crippen LogP) is 2.40. The van der Waals surface area contributed by atoms with Gasteiger partial charge in [0.05, 0.1) is 12.6 Å². The van der Waals surface area contributed by atoms with Gasteiger partial charge < -0.3 is 15.3 Å². The molecule has 0 aromatic heterocycles. The number of benzene rings is 1. The molecule has 3 aliphatic carbocycles. The molecule has 0 bridgehead atoms. The maximum atomic E-state index is 14.6. The smallest absolute Gasteiger partial charge is 0.252 e. The molecule has 156 valence electrons. The van der Waals surface area contributed by atoms with E-state index >= 15 is 0 Å². The van der Waals surface area contributed by atoms with E-state index in [2.05, 4.69) is 5.32 Å². The molecule has 5 rings (SSSR count). The third-order valence-corrected chi connectivity index (χ3v) is 7.64. The lowest BCUT2D eigenvalue weighted by molar-refractivity contribution is -0.152. The number of carbonyl (C=O) groups excluding carboxylic acids is 2. The summed E-state index contributed by atoms with van der Waals surface area (Å²) in [4.78, 5) is 27.1. The number of amides is 2. The highest BCUT2D eigenvalue weighted by Crippen LogP contribution is 2.53. The summed E-state index contributed by atoms with van der Waals surface area (Å²) in [6.07, 6.45) is 3.77. The minimum Gasteiger partial charge on any atom is -0.380 e. The van der Waals surface area contributed by atoms with E-state index in [1.807, 2.05) is 30.3 Å². The summed E-state index contributed by atoms with van der Waals surface area (Å²) in [5, 5.41) is 13.4. The molecule has 29 heavy (non-hydrogen) atoms. The van der Waals surface area contributed by atoms with Gasteiger partial charge in [0, 0.05) is 12.5 Å². The second-order valence-electron chi connectivity index (χ2n) is 9.58. The van der Waals surface area contributed by atoms with Gasteiger partial charge in [-0.3, -0.25) is 9.59 Å². The van der Waals surface area contributed by atoms with Crippen molar-refractivity contribution in [2.24, 2.45) is 17.8 Å². The Kier molecular flexibility index (Phi) is 4.65. The van der Waals surface area contributed by atoms with Gasteiger partial charge in [-0.25, -0.2) is 4.39 Å². The summed E-state index contributed by atoms with van der Waals surface area (Å²) in [5.74, 6) is 0.927. The molecule has 3 unspecified atom stereocenters. The van der Waals surface area contributed by atoms with Gasteiger partial charge in [0.15, 0.2) is 0 Å². The molecular formula is C23H29FN2O3. The van der Waals surface area contributed by atoms with Crippen molar-refractivity contribution in [1.82, 2.24) is 10.2 Å². The molecule has 4 fully saturated rings. The number of halogens is 1. The van der Waals surface area contributed by atoms with Crippen molar-refractivity contribution in [3.05, 3.63) is 35.9 Å². The quantitative estimate of drug-likeness (QED) is 0.816. The van der Waals surface area contributed by atoms with Gasteiger partial charge in [0.2, 0.25) is 5.91 Å². The third-order valence-electron chi connectivity index (χ3n) is 7.64. The van der Waals surface area contributed by atoms with Crippen molar-refractivity contribution in [2.75, 3.05) is 13.1 Å². The zero-order valence-corrected chi connectivity index (χ0v) is 16.6. The number of hydrogen-bond donors (Lipinski definition) is 2. The molecule has 6 heteroatoms. The van der Waals surface area contributed by atoms with E-state index in [0.717, 1.165) is 24.8 Å². The summed E-state index contributed by atoms with van der Waals surface area (Å²) in [6, 6.07) is 9.09. The number of hydrogen-bond acceptors (Lipinski definition) is 3. The average molecular weight is 400 g/mol. The van der Waals surface area contributed by atoms with Crippen molar-refractivity contribution in [3.63, 3.8) is 0 Å². The molecule has 5 nitrogen and oxygen atoms in total. The third kappa shape index (κ3) is 3.45. The number of rotatable bonds is 4. The second kappa shape index (κ2) is 7.08. The molecule has 0 spiro atoms. The molecule has 1 aliphatic heterocycles. The zero-order chi connectivity index (χ0) is 20.2. The number of alkyl halides is 1. The number of nitrogens with one attached hydrogen (secondary N) is 1. The van der Waals surface area contributed by atoms with Crippen molar-refractivity contribution >= 4 is 11.8 Å². The summed E-state index contributed by atoms with van der Waals surface area (Å²) < 4.78 is 14.6. The molecule has 2 amide bonds. The molecular weight excluding hydrogens is 371 g/mol. The standard InChI is InChI=1S/C23H29FN2O3/c24-19-12-26(21(27)17-8-4-7-15-9-18(15)17)13-20(19)25-22(28)23(29)10-16(11-23)14-5-2-1-3-6-14/h1-3,5-6,15-20,29H,4,7-13H2,(H,25,28)/t15?,16?,17?,18?,19-,20+,23?/m0/s1. The van der Waals surface area contributed by atoms with Gasteiger partial charge in [-0.15, -0.1) is 0 Å². The first-order chi connectivity index (χ1) is 13.9. The summed E-state index contributed by atoms with van der Waals surface area (Å²) in [6.45, 7) is 0.251. The van der Waals surface area contributed by atoms with Gasteiger partial charge in [-0.05, 0) is 49.0 Å². The van der Waals surface area contributed by atoms with E-state index in [4.69, 9.17) is 0 Å². The Bertz CT molecular complexity index is 795. The molecule has 2 N–H and O–H groups in total. The topological polar surface area (TPSA) is 69.6 Å². The van der Waals surface area contributed by atoms with Crippen molar-refractivity contribution in [3.8, 4) is 0 Å². The van der Waals surface area contributed by atoms with Crippen LogP contribution in [-0.4, -0.2) is 52.7 Å². The van der Waals surface area contributed by atoms with Gasteiger partial charge in [-0.1, -0.05) is 43.2 Å². The maximum absolute atomic E-state index is 14.6. The lowest BCUT2D eigenvalue weighted by Crippen LogP contribution is -2.58. The van der Waals surface area contributed by atoms with E-state index in [1.165, 1.54) is 6.42 Å². The molecule has 5 atom stereocenters. The van der Waals surface area contributed by atoms with Crippen molar-refractivity contribution < 1.29 is 19.1 Å². The van der Waals surface area contributed by atoms with Crippen LogP contribution in [0.5, 0.6) is 0 Å². The summed E-state index contributed by atoms with van der Waals surface area (Å²) in [7, 11) is 0. The Morgan fingerprint density at radius 3 is 2.66 bits per heavy atom. The highest BCUT2D eigenvalue weighted by molar-refractivity contribution is 5.87. The minimum atomic E-state index is -1.44. The van der Waals surface area contributed by atoms with Crippen molar-refractivity contribution in [2.45, 2.75) is 62.3 Å².